The lowest BCUT2D eigenvalue weighted by Gasteiger charge is -2.11. The third kappa shape index (κ3) is 5.89. The Hall–Kier alpha value is -1.70. The third-order valence-electron chi connectivity index (χ3n) is 0.848. The van der Waals surface area contributed by atoms with Gasteiger partial charge in [-0.2, -0.15) is 13.2 Å². The van der Waals surface area contributed by atoms with Crippen LogP contribution in [0.25, 0.3) is 0 Å². The number of hydroxylamine groups is 1. The first-order valence-electron chi connectivity index (χ1n) is 3.18. The molecule has 0 saturated carbocycles. The van der Waals surface area contributed by atoms with Crippen molar-refractivity contribution in [2.45, 2.75) is 6.18 Å². The van der Waals surface area contributed by atoms with Gasteiger partial charge in [-0.05, 0) is 12.2 Å². The maximum absolute atomic E-state index is 10.6. The number of allylic oxidation sites excluding steroid dienone is 2. The van der Waals surface area contributed by atoms with E-state index in [2.05, 4.69) is 4.84 Å². The lowest BCUT2D eigenvalue weighted by Crippen LogP contribution is -2.23. The van der Waals surface area contributed by atoms with E-state index in [9.17, 15) is 13.2 Å². The molecule has 1 heterocycles. The second kappa shape index (κ2) is 5.12. The Morgan fingerprint density at radius 2 is 1.93 bits per heavy atom. The molecule has 8 heteroatoms. The number of hydrogen-bond acceptors (Lipinski definition) is 4. The summed E-state index contributed by atoms with van der Waals surface area (Å²) in [6.07, 6.45) is 1.56. The fourth-order valence-electron chi connectivity index (χ4n) is 0.320. The van der Waals surface area contributed by atoms with Crippen molar-refractivity contribution in [3.8, 4) is 0 Å². The summed E-state index contributed by atoms with van der Waals surface area (Å²) in [4.78, 5) is 13.5. The Balaban J connectivity index is 0.000000241. The second-order valence-electron chi connectivity index (χ2n) is 1.94. The van der Waals surface area contributed by atoms with Crippen LogP contribution < -0.4 is 5.84 Å². The van der Waals surface area contributed by atoms with Gasteiger partial charge in [0.25, 0.3) is 0 Å². The number of carboxylic acid groups (broad SMARTS) is 1. The molecule has 0 unspecified atom stereocenters. The van der Waals surface area contributed by atoms with Crippen molar-refractivity contribution in [1.82, 2.24) is 5.17 Å². The SMILES string of the molecule is NN1C=CC=CO1.O=C(O)C(F)(F)F. The van der Waals surface area contributed by atoms with Gasteiger partial charge in [0.1, 0.15) is 6.26 Å². The number of hydrazine groups is 1. The van der Waals surface area contributed by atoms with E-state index >= 15 is 0 Å². The van der Waals surface area contributed by atoms with Crippen LogP contribution in [0, 0.1) is 0 Å². The Morgan fingerprint density at radius 1 is 1.43 bits per heavy atom. The number of carboxylic acids is 1. The van der Waals surface area contributed by atoms with E-state index in [-0.39, 0.29) is 0 Å². The maximum Gasteiger partial charge on any atom is 0.490 e. The fraction of sp³-hybridized carbons (Fsp3) is 0.167. The number of hydrogen-bond donors (Lipinski definition) is 2. The van der Waals surface area contributed by atoms with Crippen molar-refractivity contribution >= 4 is 5.97 Å². The number of aliphatic carboxylic acids is 1. The molecule has 14 heavy (non-hydrogen) atoms. The summed E-state index contributed by atoms with van der Waals surface area (Å²) >= 11 is 0. The molecule has 0 amide bonds. The zero-order chi connectivity index (χ0) is 11.2. The molecule has 0 fully saturated rings. The average Bonchev–Trinajstić information content (AvgIpc) is 2.04. The lowest BCUT2D eigenvalue weighted by molar-refractivity contribution is -0.192. The van der Waals surface area contributed by atoms with Gasteiger partial charge >= 0.3 is 12.1 Å². The second-order valence-corrected chi connectivity index (χ2v) is 1.94. The molecule has 0 spiro atoms. The van der Waals surface area contributed by atoms with Crippen molar-refractivity contribution < 1.29 is 27.9 Å². The minimum Gasteiger partial charge on any atom is -0.475 e. The molecule has 0 aromatic heterocycles. The van der Waals surface area contributed by atoms with Crippen LogP contribution in [0.2, 0.25) is 0 Å². The summed E-state index contributed by atoms with van der Waals surface area (Å²) in [6, 6.07) is 0. The highest BCUT2D eigenvalue weighted by Crippen LogP contribution is 2.13. The minimum atomic E-state index is -5.08. The smallest absolute Gasteiger partial charge is 0.475 e. The van der Waals surface area contributed by atoms with Crippen LogP contribution in [-0.4, -0.2) is 22.4 Å². The number of halogens is 3. The normalized spacial score (nSPS) is 14.1. The van der Waals surface area contributed by atoms with Crippen LogP contribution >= 0.6 is 0 Å². The van der Waals surface area contributed by atoms with Crippen molar-refractivity contribution in [3.05, 3.63) is 24.6 Å². The first-order chi connectivity index (χ1) is 6.34. The van der Waals surface area contributed by atoms with Crippen LogP contribution in [0.3, 0.4) is 0 Å². The van der Waals surface area contributed by atoms with E-state index in [0.29, 0.717) is 0 Å². The zero-order valence-corrected chi connectivity index (χ0v) is 6.73. The molecule has 0 aromatic rings. The van der Waals surface area contributed by atoms with Gasteiger partial charge in [0.2, 0.25) is 0 Å². The summed E-state index contributed by atoms with van der Waals surface area (Å²) < 4.78 is 31.7. The Labute approximate surface area is 76.8 Å². The van der Waals surface area contributed by atoms with Crippen molar-refractivity contribution in [3.63, 3.8) is 0 Å². The van der Waals surface area contributed by atoms with E-state index in [1.807, 2.05) is 0 Å². The molecule has 0 saturated heterocycles. The van der Waals surface area contributed by atoms with Gasteiger partial charge in [-0.1, -0.05) is 0 Å². The Bertz CT molecular complexity index is 249. The van der Waals surface area contributed by atoms with Gasteiger partial charge < -0.3 is 9.94 Å². The Morgan fingerprint density at radius 3 is 2.07 bits per heavy atom. The van der Waals surface area contributed by atoms with Gasteiger partial charge in [0, 0.05) is 0 Å². The summed E-state index contributed by atoms with van der Waals surface area (Å²) in [5, 5.41) is 8.25. The van der Waals surface area contributed by atoms with Gasteiger partial charge in [-0.15, -0.1) is 5.17 Å². The number of carbonyl (C=O) groups is 1. The zero-order valence-electron chi connectivity index (χ0n) is 6.73. The first kappa shape index (κ1) is 12.3. The third-order valence-corrected chi connectivity index (χ3v) is 0.848. The van der Waals surface area contributed by atoms with Gasteiger partial charge in [-0.25, -0.2) is 10.6 Å². The maximum atomic E-state index is 10.6. The van der Waals surface area contributed by atoms with Crippen LogP contribution in [0.4, 0.5) is 13.2 Å². The highest BCUT2D eigenvalue weighted by Gasteiger charge is 2.38. The molecule has 1 aliphatic heterocycles. The number of rotatable bonds is 0. The molecule has 80 valence electrons. The molecule has 0 aliphatic carbocycles. The molecule has 0 bridgehead atoms. The van der Waals surface area contributed by atoms with E-state index in [1.54, 1.807) is 18.4 Å². The summed E-state index contributed by atoms with van der Waals surface area (Å²) in [7, 11) is 0. The molecule has 5 nitrogen and oxygen atoms in total. The molecule has 3 N–H and O–H groups in total. The summed E-state index contributed by atoms with van der Waals surface area (Å²) in [6.45, 7) is 0. The summed E-state index contributed by atoms with van der Waals surface area (Å²) in [5.74, 6) is 2.35. The molecular weight excluding hydrogens is 205 g/mol. The van der Waals surface area contributed by atoms with Crippen molar-refractivity contribution in [2.24, 2.45) is 5.84 Å². The van der Waals surface area contributed by atoms with Crippen molar-refractivity contribution in [1.29, 1.82) is 0 Å². The predicted octanol–water partition coefficient (Wildman–Crippen LogP) is 0.768. The fourth-order valence-corrected chi connectivity index (χ4v) is 0.320. The molecule has 1 aliphatic rings. The largest absolute Gasteiger partial charge is 0.490 e. The topological polar surface area (TPSA) is 75.8 Å². The highest BCUT2D eigenvalue weighted by atomic mass is 19.4. The van der Waals surface area contributed by atoms with E-state index < -0.39 is 12.1 Å². The van der Waals surface area contributed by atoms with Crippen LogP contribution in [0.1, 0.15) is 0 Å². The van der Waals surface area contributed by atoms with Crippen LogP contribution in [0.15, 0.2) is 24.6 Å². The van der Waals surface area contributed by atoms with E-state index in [1.165, 1.54) is 6.26 Å². The average molecular weight is 212 g/mol. The lowest BCUT2D eigenvalue weighted by atomic mass is 10.6. The van der Waals surface area contributed by atoms with Gasteiger partial charge in [-0.3, -0.25) is 0 Å². The van der Waals surface area contributed by atoms with E-state index in [4.69, 9.17) is 15.7 Å². The highest BCUT2D eigenvalue weighted by molar-refractivity contribution is 5.73. The monoisotopic (exact) mass is 212 g/mol. The van der Waals surface area contributed by atoms with Crippen molar-refractivity contribution in [2.75, 3.05) is 0 Å². The minimum absolute atomic E-state index is 1.12. The first-order valence-corrected chi connectivity index (χ1v) is 3.18. The predicted molar refractivity (Wildman–Crippen MR) is 39.1 cm³/mol. The molecule has 0 atom stereocenters. The quantitative estimate of drug-likeness (QED) is 0.580. The molecular formula is C6H7F3N2O3. The number of alkyl halides is 3. The van der Waals surface area contributed by atoms with Gasteiger partial charge in [0.15, 0.2) is 0 Å². The standard InChI is InChI=1S/C4H6N2O.C2HF3O2/c5-6-3-1-2-4-7-6;3-2(4,5)1(6)7/h1-4H,5H2;(H,6,7). The van der Waals surface area contributed by atoms with Gasteiger partial charge in [0.05, 0.1) is 6.20 Å². The van der Waals surface area contributed by atoms with Crippen LogP contribution in [0.5, 0.6) is 0 Å². The summed E-state index contributed by atoms with van der Waals surface area (Å²) in [5.41, 5.74) is 0. The van der Waals surface area contributed by atoms with Crippen LogP contribution in [-0.2, 0) is 9.63 Å². The van der Waals surface area contributed by atoms with E-state index in [0.717, 1.165) is 5.17 Å². The molecule has 0 aromatic carbocycles. The molecule has 1 rings (SSSR count). The Kier molecular flexibility index (Phi) is 4.50. The number of nitrogens with two attached hydrogens (primary N) is 1. The number of nitrogens with zero attached hydrogens (tertiary/aromatic N) is 1. The molecule has 0 radical (unpaired) electrons.